The van der Waals surface area contributed by atoms with Gasteiger partial charge in [-0.3, -0.25) is 4.79 Å². The predicted molar refractivity (Wildman–Crippen MR) is 103 cm³/mol. The number of aryl methyl sites for hydroxylation is 1. The van der Waals surface area contributed by atoms with Gasteiger partial charge in [0.25, 0.3) is 5.56 Å². The summed E-state index contributed by atoms with van der Waals surface area (Å²) in [6.45, 7) is 3.75. The van der Waals surface area contributed by atoms with E-state index in [4.69, 9.17) is 4.74 Å². The maximum Gasteiger partial charge on any atom is 0.419 e. The molecule has 9 heteroatoms. The van der Waals surface area contributed by atoms with Gasteiger partial charge in [0.15, 0.2) is 0 Å². The fourth-order valence-electron chi connectivity index (χ4n) is 2.59. The van der Waals surface area contributed by atoms with E-state index in [2.05, 4.69) is 20.3 Å². The molecule has 1 aromatic carbocycles. The molecule has 0 radical (unpaired) electrons. The first-order valence-corrected chi connectivity index (χ1v) is 8.82. The maximum atomic E-state index is 12.9. The van der Waals surface area contributed by atoms with Crippen molar-refractivity contribution in [2.75, 3.05) is 18.5 Å². The monoisotopic (exact) mass is 404 g/mol. The lowest BCUT2D eigenvalue weighted by atomic mass is 10.2. The molecule has 0 unspecified atom stereocenters. The van der Waals surface area contributed by atoms with E-state index in [1.807, 2.05) is 0 Å². The van der Waals surface area contributed by atoms with Crippen molar-refractivity contribution in [1.82, 2.24) is 15.0 Å². The molecule has 3 rings (SSSR count). The second-order valence-corrected chi connectivity index (χ2v) is 6.33. The number of ether oxygens (including phenoxy) is 1. The van der Waals surface area contributed by atoms with Crippen molar-refractivity contribution in [3.8, 4) is 17.1 Å². The third-order valence-corrected chi connectivity index (χ3v) is 4.29. The van der Waals surface area contributed by atoms with Crippen LogP contribution in [0.15, 0.2) is 47.4 Å². The SMILES string of the molecule is Cc1nc(-c2ccc(NCCOc3ccccc3C(F)(F)F)nc2)[nH]c(=O)c1C. The number of H-pyrrole nitrogens is 1. The van der Waals surface area contributed by atoms with Crippen molar-refractivity contribution in [1.29, 1.82) is 0 Å². The highest BCUT2D eigenvalue weighted by Gasteiger charge is 2.33. The normalized spacial score (nSPS) is 11.3. The predicted octanol–water partition coefficient (Wildman–Crippen LogP) is 3.96. The summed E-state index contributed by atoms with van der Waals surface area (Å²) < 4.78 is 44.1. The first kappa shape index (κ1) is 20.4. The third kappa shape index (κ3) is 4.92. The van der Waals surface area contributed by atoms with Gasteiger partial charge in [-0.15, -0.1) is 0 Å². The number of alkyl halides is 3. The van der Waals surface area contributed by atoms with Gasteiger partial charge < -0.3 is 15.0 Å². The molecule has 0 aliphatic heterocycles. The highest BCUT2D eigenvalue weighted by Crippen LogP contribution is 2.35. The van der Waals surface area contributed by atoms with Crippen LogP contribution in [0.3, 0.4) is 0 Å². The summed E-state index contributed by atoms with van der Waals surface area (Å²) in [4.78, 5) is 23.1. The molecule has 152 valence electrons. The Bertz CT molecular complexity index is 1050. The molecular formula is C20H19F3N4O2. The number of aromatic nitrogens is 3. The molecular weight excluding hydrogens is 385 g/mol. The molecule has 2 N–H and O–H groups in total. The lowest BCUT2D eigenvalue weighted by Crippen LogP contribution is -2.15. The summed E-state index contributed by atoms with van der Waals surface area (Å²) in [6.07, 6.45) is -2.92. The number of benzene rings is 1. The number of rotatable bonds is 6. The van der Waals surface area contributed by atoms with Crippen molar-refractivity contribution in [3.05, 3.63) is 69.8 Å². The van der Waals surface area contributed by atoms with Crippen molar-refractivity contribution < 1.29 is 17.9 Å². The van der Waals surface area contributed by atoms with Crippen LogP contribution in [-0.2, 0) is 6.18 Å². The van der Waals surface area contributed by atoms with Gasteiger partial charge in [0.05, 0.1) is 12.1 Å². The number of anilines is 1. The van der Waals surface area contributed by atoms with Gasteiger partial charge in [-0.25, -0.2) is 9.97 Å². The lowest BCUT2D eigenvalue weighted by molar-refractivity contribution is -0.138. The zero-order valence-corrected chi connectivity index (χ0v) is 15.8. The molecule has 0 bridgehead atoms. The molecule has 0 fully saturated rings. The van der Waals surface area contributed by atoms with E-state index in [1.165, 1.54) is 18.2 Å². The summed E-state index contributed by atoms with van der Waals surface area (Å²) in [5.74, 6) is 0.728. The number of nitrogens with zero attached hydrogens (tertiary/aromatic N) is 2. The summed E-state index contributed by atoms with van der Waals surface area (Å²) >= 11 is 0. The van der Waals surface area contributed by atoms with Gasteiger partial charge in [-0.2, -0.15) is 13.2 Å². The summed E-state index contributed by atoms with van der Waals surface area (Å²) in [5.41, 5.74) is 0.837. The summed E-state index contributed by atoms with van der Waals surface area (Å²) in [5, 5.41) is 2.97. The summed E-state index contributed by atoms with van der Waals surface area (Å²) in [7, 11) is 0. The highest BCUT2D eigenvalue weighted by molar-refractivity contribution is 5.56. The topological polar surface area (TPSA) is 79.9 Å². The molecule has 0 aliphatic rings. The molecule has 6 nitrogen and oxygen atoms in total. The molecule has 0 atom stereocenters. The first-order chi connectivity index (χ1) is 13.8. The van der Waals surface area contributed by atoms with Gasteiger partial charge >= 0.3 is 6.18 Å². The lowest BCUT2D eigenvalue weighted by Gasteiger charge is -2.14. The van der Waals surface area contributed by atoms with Crippen molar-refractivity contribution in [3.63, 3.8) is 0 Å². The Labute approximate surface area is 164 Å². The number of halogens is 3. The van der Waals surface area contributed by atoms with E-state index in [0.717, 1.165) is 6.07 Å². The Kier molecular flexibility index (Phi) is 5.86. The minimum absolute atomic E-state index is 0.0303. The molecule has 0 saturated heterocycles. The third-order valence-electron chi connectivity index (χ3n) is 4.29. The van der Waals surface area contributed by atoms with E-state index in [0.29, 0.717) is 28.5 Å². The number of hydrogen-bond acceptors (Lipinski definition) is 5. The average Bonchev–Trinajstić information content (AvgIpc) is 2.69. The Hall–Kier alpha value is -3.36. The Morgan fingerprint density at radius 1 is 1.14 bits per heavy atom. The molecule has 2 heterocycles. The second-order valence-electron chi connectivity index (χ2n) is 6.33. The van der Waals surface area contributed by atoms with Gasteiger partial charge in [0.1, 0.15) is 24.0 Å². The van der Waals surface area contributed by atoms with E-state index >= 15 is 0 Å². The molecule has 0 aliphatic carbocycles. The van der Waals surface area contributed by atoms with Crippen LogP contribution >= 0.6 is 0 Å². The van der Waals surface area contributed by atoms with Gasteiger partial charge in [0, 0.05) is 23.0 Å². The number of nitrogens with one attached hydrogen (secondary N) is 2. The number of hydrogen-bond donors (Lipinski definition) is 2. The fourth-order valence-corrected chi connectivity index (χ4v) is 2.59. The smallest absolute Gasteiger partial charge is 0.419 e. The molecule has 0 spiro atoms. The standard InChI is InChI=1S/C20H19F3N4O2/c1-12-13(2)26-18(27-19(12)28)14-7-8-17(25-11-14)24-9-10-29-16-6-4-3-5-15(16)20(21,22)23/h3-8,11H,9-10H2,1-2H3,(H,24,25)(H,26,27,28). The van der Waals surface area contributed by atoms with Crippen LogP contribution in [-0.4, -0.2) is 28.1 Å². The quantitative estimate of drug-likeness (QED) is 0.608. The van der Waals surface area contributed by atoms with Gasteiger partial charge in [-0.1, -0.05) is 12.1 Å². The molecule has 3 aromatic rings. The molecule has 29 heavy (non-hydrogen) atoms. The number of aromatic amines is 1. The zero-order chi connectivity index (χ0) is 21.0. The van der Waals surface area contributed by atoms with E-state index in [9.17, 15) is 18.0 Å². The van der Waals surface area contributed by atoms with Crippen LogP contribution < -0.4 is 15.6 Å². The summed E-state index contributed by atoms with van der Waals surface area (Å²) in [6, 6.07) is 8.50. The molecule has 0 amide bonds. The van der Waals surface area contributed by atoms with Crippen LogP contribution in [0.5, 0.6) is 5.75 Å². The molecule has 0 saturated carbocycles. The molecule has 2 aromatic heterocycles. The van der Waals surface area contributed by atoms with Gasteiger partial charge in [-0.05, 0) is 38.1 Å². The van der Waals surface area contributed by atoms with Gasteiger partial charge in [0.2, 0.25) is 0 Å². The minimum Gasteiger partial charge on any atom is -0.491 e. The highest BCUT2D eigenvalue weighted by atomic mass is 19.4. The second kappa shape index (κ2) is 8.34. The van der Waals surface area contributed by atoms with Crippen molar-refractivity contribution >= 4 is 5.82 Å². The first-order valence-electron chi connectivity index (χ1n) is 8.82. The largest absolute Gasteiger partial charge is 0.491 e. The van der Waals surface area contributed by atoms with Crippen LogP contribution in [0, 0.1) is 13.8 Å². The van der Waals surface area contributed by atoms with E-state index in [-0.39, 0.29) is 24.5 Å². The van der Waals surface area contributed by atoms with Crippen molar-refractivity contribution in [2.45, 2.75) is 20.0 Å². The van der Waals surface area contributed by atoms with Crippen LogP contribution in [0.25, 0.3) is 11.4 Å². The minimum atomic E-state index is -4.47. The van der Waals surface area contributed by atoms with Crippen LogP contribution in [0.4, 0.5) is 19.0 Å². The van der Waals surface area contributed by atoms with E-state index < -0.39 is 11.7 Å². The van der Waals surface area contributed by atoms with Crippen molar-refractivity contribution in [2.24, 2.45) is 0 Å². The Balaban J connectivity index is 1.59. The number of para-hydroxylation sites is 1. The van der Waals surface area contributed by atoms with Crippen LogP contribution in [0.1, 0.15) is 16.8 Å². The average molecular weight is 404 g/mol. The van der Waals surface area contributed by atoms with Crippen LogP contribution in [0.2, 0.25) is 0 Å². The zero-order valence-electron chi connectivity index (χ0n) is 15.8. The maximum absolute atomic E-state index is 12.9. The fraction of sp³-hybridized carbons (Fsp3) is 0.250. The Morgan fingerprint density at radius 3 is 2.55 bits per heavy atom. The van der Waals surface area contributed by atoms with E-state index in [1.54, 1.807) is 32.2 Å². The number of pyridine rings is 1. The Morgan fingerprint density at radius 2 is 1.90 bits per heavy atom.